The summed E-state index contributed by atoms with van der Waals surface area (Å²) in [5.74, 6) is 0.188. The standard InChI is InChI=1S/C11H14N2O/c1-9-5-2-3-6-10(9)12-13-8-4-7-11(13)14/h2-3,5-6,12H,4,7-8H2,1H3. The Kier molecular flexibility index (Phi) is 2.39. The molecule has 0 spiro atoms. The Labute approximate surface area is 83.7 Å². The summed E-state index contributed by atoms with van der Waals surface area (Å²) in [4.78, 5) is 11.4. The number of nitrogens with one attached hydrogen (secondary N) is 1. The number of amides is 1. The molecule has 74 valence electrons. The van der Waals surface area contributed by atoms with E-state index in [1.165, 1.54) is 0 Å². The number of hydrogen-bond acceptors (Lipinski definition) is 2. The quantitative estimate of drug-likeness (QED) is 0.773. The Balaban J connectivity index is 2.10. The number of carbonyl (C=O) groups excluding carboxylic acids is 1. The summed E-state index contributed by atoms with van der Waals surface area (Å²) in [6, 6.07) is 7.98. The van der Waals surface area contributed by atoms with E-state index in [1.54, 1.807) is 5.01 Å². The van der Waals surface area contributed by atoms with Gasteiger partial charge in [0.05, 0.1) is 5.69 Å². The van der Waals surface area contributed by atoms with E-state index in [4.69, 9.17) is 0 Å². The fourth-order valence-corrected chi connectivity index (χ4v) is 1.61. The van der Waals surface area contributed by atoms with Crippen LogP contribution in [-0.4, -0.2) is 17.5 Å². The van der Waals surface area contributed by atoms with Gasteiger partial charge in [0.2, 0.25) is 5.91 Å². The molecule has 14 heavy (non-hydrogen) atoms. The van der Waals surface area contributed by atoms with E-state index in [0.717, 1.165) is 24.2 Å². The average molecular weight is 190 g/mol. The largest absolute Gasteiger partial charge is 0.296 e. The van der Waals surface area contributed by atoms with Gasteiger partial charge in [0.15, 0.2) is 0 Å². The van der Waals surface area contributed by atoms with Crippen LogP contribution in [0.2, 0.25) is 0 Å². The van der Waals surface area contributed by atoms with E-state index < -0.39 is 0 Å². The topological polar surface area (TPSA) is 32.3 Å². The number of hydrazine groups is 1. The van der Waals surface area contributed by atoms with Crippen LogP contribution in [0, 0.1) is 6.92 Å². The summed E-state index contributed by atoms with van der Waals surface area (Å²) >= 11 is 0. The molecule has 1 aliphatic heterocycles. The van der Waals surface area contributed by atoms with Crippen LogP contribution in [0.15, 0.2) is 24.3 Å². The summed E-state index contributed by atoms with van der Waals surface area (Å²) in [5.41, 5.74) is 5.32. The number of rotatable bonds is 2. The van der Waals surface area contributed by atoms with Crippen molar-refractivity contribution in [3.8, 4) is 0 Å². The highest BCUT2D eigenvalue weighted by atomic mass is 16.2. The van der Waals surface area contributed by atoms with Crippen LogP contribution in [0.3, 0.4) is 0 Å². The molecule has 1 aliphatic rings. The molecule has 0 aromatic heterocycles. The fourth-order valence-electron chi connectivity index (χ4n) is 1.61. The lowest BCUT2D eigenvalue weighted by Gasteiger charge is -2.19. The molecule has 0 aliphatic carbocycles. The third-order valence-corrected chi connectivity index (χ3v) is 2.47. The smallest absolute Gasteiger partial charge is 0.240 e. The van der Waals surface area contributed by atoms with Gasteiger partial charge in [0.1, 0.15) is 0 Å². The molecule has 1 aromatic rings. The number of hydrogen-bond donors (Lipinski definition) is 1. The predicted octanol–water partition coefficient (Wildman–Crippen LogP) is 1.94. The molecule has 0 unspecified atom stereocenters. The molecule has 0 atom stereocenters. The van der Waals surface area contributed by atoms with Crippen molar-refractivity contribution in [2.75, 3.05) is 12.0 Å². The molecule has 1 aromatic carbocycles. The minimum absolute atomic E-state index is 0.188. The molecule has 2 rings (SSSR count). The number of carbonyl (C=O) groups is 1. The number of benzene rings is 1. The summed E-state index contributed by atoms with van der Waals surface area (Å²) in [7, 11) is 0. The van der Waals surface area contributed by atoms with Gasteiger partial charge in [0, 0.05) is 13.0 Å². The predicted molar refractivity (Wildman–Crippen MR) is 55.7 cm³/mol. The van der Waals surface area contributed by atoms with Crippen molar-refractivity contribution in [2.24, 2.45) is 0 Å². The van der Waals surface area contributed by atoms with Gasteiger partial charge in [-0.2, -0.15) is 0 Å². The van der Waals surface area contributed by atoms with Crippen LogP contribution < -0.4 is 5.43 Å². The molecule has 1 saturated heterocycles. The maximum absolute atomic E-state index is 11.4. The Morgan fingerprint density at radius 2 is 2.14 bits per heavy atom. The van der Waals surface area contributed by atoms with Crippen LogP contribution in [0.25, 0.3) is 0 Å². The van der Waals surface area contributed by atoms with Gasteiger partial charge in [-0.05, 0) is 25.0 Å². The highest BCUT2D eigenvalue weighted by molar-refractivity contribution is 5.79. The van der Waals surface area contributed by atoms with Gasteiger partial charge < -0.3 is 0 Å². The van der Waals surface area contributed by atoms with Gasteiger partial charge >= 0.3 is 0 Å². The monoisotopic (exact) mass is 190 g/mol. The Morgan fingerprint density at radius 3 is 2.79 bits per heavy atom. The zero-order valence-corrected chi connectivity index (χ0v) is 8.29. The maximum Gasteiger partial charge on any atom is 0.240 e. The van der Waals surface area contributed by atoms with Crippen LogP contribution in [0.4, 0.5) is 5.69 Å². The van der Waals surface area contributed by atoms with Gasteiger partial charge in [-0.15, -0.1) is 0 Å². The minimum atomic E-state index is 0.188. The molecule has 3 heteroatoms. The van der Waals surface area contributed by atoms with Crippen molar-refractivity contribution in [2.45, 2.75) is 19.8 Å². The van der Waals surface area contributed by atoms with E-state index in [9.17, 15) is 4.79 Å². The molecule has 3 nitrogen and oxygen atoms in total. The Morgan fingerprint density at radius 1 is 1.36 bits per heavy atom. The normalized spacial score (nSPS) is 16.1. The van der Waals surface area contributed by atoms with E-state index >= 15 is 0 Å². The van der Waals surface area contributed by atoms with Crippen molar-refractivity contribution < 1.29 is 4.79 Å². The van der Waals surface area contributed by atoms with Gasteiger partial charge in [0.25, 0.3) is 0 Å². The number of para-hydroxylation sites is 1. The van der Waals surface area contributed by atoms with Crippen molar-refractivity contribution in [3.63, 3.8) is 0 Å². The van der Waals surface area contributed by atoms with E-state index in [2.05, 4.69) is 5.43 Å². The summed E-state index contributed by atoms with van der Waals surface area (Å²) in [6.07, 6.45) is 1.62. The molecular weight excluding hydrogens is 176 g/mol. The van der Waals surface area contributed by atoms with Crippen LogP contribution in [0.5, 0.6) is 0 Å². The SMILES string of the molecule is Cc1ccccc1NN1CCCC1=O. The van der Waals surface area contributed by atoms with E-state index in [1.807, 2.05) is 31.2 Å². The third kappa shape index (κ3) is 1.71. The highest BCUT2D eigenvalue weighted by Crippen LogP contribution is 2.17. The zero-order valence-electron chi connectivity index (χ0n) is 8.29. The molecule has 1 N–H and O–H groups in total. The summed E-state index contributed by atoms with van der Waals surface area (Å²) in [5, 5.41) is 1.70. The second-order valence-corrected chi connectivity index (χ2v) is 3.58. The van der Waals surface area contributed by atoms with Gasteiger partial charge in [-0.25, -0.2) is 0 Å². The summed E-state index contributed by atoms with van der Waals surface area (Å²) in [6.45, 7) is 2.84. The molecule has 0 saturated carbocycles. The van der Waals surface area contributed by atoms with Crippen molar-refractivity contribution in [3.05, 3.63) is 29.8 Å². The van der Waals surface area contributed by atoms with Crippen molar-refractivity contribution in [1.82, 2.24) is 5.01 Å². The first-order valence-corrected chi connectivity index (χ1v) is 4.90. The van der Waals surface area contributed by atoms with E-state index in [-0.39, 0.29) is 5.91 Å². The number of anilines is 1. The molecule has 1 amide bonds. The van der Waals surface area contributed by atoms with Crippen molar-refractivity contribution >= 4 is 11.6 Å². The van der Waals surface area contributed by atoms with Crippen LogP contribution in [0.1, 0.15) is 18.4 Å². The molecular formula is C11H14N2O. The van der Waals surface area contributed by atoms with Crippen molar-refractivity contribution in [1.29, 1.82) is 0 Å². The zero-order chi connectivity index (χ0) is 9.97. The third-order valence-electron chi connectivity index (χ3n) is 2.47. The van der Waals surface area contributed by atoms with Crippen LogP contribution >= 0.6 is 0 Å². The molecule has 0 radical (unpaired) electrons. The number of nitrogens with zero attached hydrogens (tertiary/aromatic N) is 1. The molecule has 1 heterocycles. The number of aryl methyl sites for hydroxylation is 1. The lowest BCUT2D eigenvalue weighted by molar-refractivity contribution is -0.126. The second-order valence-electron chi connectivity index (χ2n) is 3.58. The highest BCUT2D eigenvalue weighted by Gasteiger charge is 2.20. The first-order chi connectivity index (χ1) is 6.77. The lowest BCUT2D eigenvalue weighted by Crippen LogP contribution is -2.31. The first kappa shape index (κ1) is 9.06. The van der Waals surface area contributed by atoms with E-state index in [0.29, 0.717) is 6.42 Å². The first-order valence-electron chi connectivity index (χ1n) is 4.90. The Bertz CT molecular complexity index is 349. The molecule has 1 fully saturated rings. The van der Waals surface area contributed by atoms with Crippen LogP contribution in [-0.2, 0) is 4.79 Å². The maximum atomic E-state index is 11.4. The lowest BCUT2D eigenvalue weighted by atomic mass is 10.2. The fraction of sp³-hybridized carbons (Fsp3) is 0.364. The molecule has 0 bridgehead atoms. The van der Waals surface area contributed by atoms with Gasteiger partial charge in [-0.3, -0.25) is 15.2 Å². The average Bonchev–Trinajstić information content (AvgIpc) is 2.56. The summed E-state index contributed by atoms with van der Waals surface area (Å²) < 4.78 is 0. The van der Waals surface area contributed by atoms with Gasteiger partial charge in [-0.1, -0.05) is 18.2 Å². The minimum Gasteiger partial charge on any atom is -0.296 e. The second kappa shape index (κ2) is 3.70. The Hall–Kier alpha value is -1.51.